The molecule has 0 atom stereocenters. The number of benzene rings is 2. The maximum Gasteiger partial charge on any atom is 0.271 e. The second-order valence-electron chi connectivity index (χ2n) is 6.28. The Hall–Kier alpha value is -3.05. The fourth-order valence-electron chi connectivity index (χ4n) is 2.88. The van der Waals surface area contributed by atoms with Crippen molar-refractivity contribution in [3.63, 3.8) is 0 Å². The van der Waals surface area contributed by atoms with Gasteiger partial charge in [0.05, 0.1) is 16.3 Å². The van der Waals surface area contributed by atoms with Crippen LogP contribution in [0.25, 0.3) is 6.08 Å². The maximum atomic E-state index is 13.2. The van der Waals surface area contributed by atoms with Crippen molar-refractivity contribution >= 4 is 40.3 Å². The van der Waals surface area contributed by atoms with Crippen molar-refractivity contribution < 1.29 is 4.79 Å². The van der Waals surface area contributed by atoms with Gasteiger partial charge in [-0.3, -0.25) is 9.69 Å². The number of hydrogen-bond donors (Lipinski definition) is 0. The Morgan fingerprint density at radius 2 is 1.59 bits per heavy atom. The lowest BCUT2D eigenvalue weighted by Crippen LogP contribution is -2.28. The molecule has 0 N–H and O–H groups in total. The fourth-order valence-corrected chi connectivity index (χ4v) is 3.86. The van der Waals surface area contributed by atoms with Gasteiger partial charge in [0.15, 0.2) is 5.17 Å². The number of thioether (sulfide) groups is 1. The standard InChI is InChI=1S/C22H19N3OS/c1-16-13-14-19(24(16)2)15-20-21(26)25(18-11-7-4-8-12-18)22(27-20)23-17-9-5-3-6-10-17/h3-15H,1-2H3/b20-15-,23-22?. The number of nitrogens with zero attached hydrogens (tertiary/aromatic N) is 3. The molecule has 2 aromatic carbocycles. The van der Waals surface area contributed by atoms with Crippen LogP contribution in [-0.2, 0) is 11.8 Å². The van der Waals surface area contributed by atoms with E-state index in [0.717, 1.165) is 22.8 Å². The van der Waals surface area contributed by atoms with Crippen LogP contribution in [0.4, 0.5) is 11.4 Å². The van der Waals surface area contributed by atoms with Gasteiger partial charge in [-0.15, -0.1) is 0 Å². The first-order valence-corrected chi connectivity index (χ1v) is 9.50. The summed E-state index contributed by atoms with van der Waals surface area (Å²) in [5.41, 5.74) is 3.79. The van der Waals surface area contributed by atoms with Crippen LogP contribution in [0.5, 0.6) is 0 Å². The Morgan fingerprint density at radius 1 is 0.926 bits per heavy atom. The summed E-state index contributed by atoms with van der Waals surface area (Å²) in [6.45, 7) is 2.05. The van der Waals surface area contributed by atoms with Crippen LogP contribution < -0.4 is 4.90 Å². The number of aromatic nitrogens is 1. The van der Waals surface area contributed by atoms with Gasteiger partial charge in [-0.05, 0) is 61.2 Å². The monoisotopic (exact) mass is 373 g/mol. The summed E-state index contributed by atoms with van der Waals surface area (Å²) in [5.74, 6) is -0.0558. The van der Waals surface area contributed by atoms with E-state index in [4.69, 9.17) is 4.99 Å². The van der Waals surface area contributed by atoms with Crippen LogP contribution in [0.1, 0.15) is 11.4 Å². The summed E-state index contributed by atoms with van der Waals surface area (Å²) in [5, 5.41) is 0.662. The highest BCUT2D eigenvalue weighted by Gasteiger charge is 2.34. The second kappa shape index (κ2) is 7.29. The Bertz CT molecular complexity index is 1040. The van der Waals surface area contributed by atoms with Crippen molar-refractivity contribution in [1.82, 2.24) is 4.57 Å². The maximum absolute atomic E-state index is 13.2. The van der Waals surface area contributed by atoms with Gasteiger partial charge < -0.3 is 4.57 Å². The fraction of sp³-hybridized carbons (Fsp3) is 0.0909. The number of para-hydroxylation sites is 2. The van der Waals surface area contributed by atoms with Crippen LogP contribution in [-0.4, -0.2) is 15.6 Å². The number of anilines is 1. The SMILES string of the molecule is Cc1ccc(/C=C2\SC(=Nc3ccccc3)N(c3ccccc3)C2=O)n1C. The van der Waals surface area contributed by atoms with E-state index in [1.807, 2.05) is 92.8 Å². The molecule has 134 valence electrons. The van der Waals surface area contributed by atoms with Crippen molar-refractivity contribution in [2.75, 3.05) is 4.90 Å². The Kier molecular flexibility index (Phi) is 4.69. The van der Waals surface area contributed by atoms with Crippen LogP contribution in [0.3, 0.4) is 0 Å². The Balaban J connectivity index is 1.78. The highest BCUT2D eigenvalue weighted by Crippen LogP contribution is 2.37. The normalized spacial score (nSPS) is 17.3. The summed E-state index contributed by atoms with van der Waals surface area (Å²) < 4.78 is 2.07. The highest BCUT2D eigenvalue weighted by molar-refractivity contribution is 8.19. The molecule has 4 rings (SSSR count). The van der Waals surface area contributed by atoms with E-state index < -0.39 is 0 Å². The highest BCUT2D eigenvalue weighted by atomic mass is 32.2. The molecule has 1 fully saturated rings. The second-order valence-corrected chi connectivity index (χ2v) is 7.28. The van der Waals surface area contributed by atoms with Gasteiger partial charge in [0.25, 0.3) is 5.91 Å². The molecule has 1 aromatic heterocycles. The minimum absolute atomic E-state index is 0.0558. The van der Waals surface area contributed by atoms with Gasteiger partial charge in [-0.25, -0.2) is 4.99 Å². The van der Waals surface area contributed by atoms with Crippen LogP contribution in [0.2, 0.25) is 0 Å². The van der Waals surface area contributed by atoms with Crippen molar-refractivity contribution in [1.29, 1.82) is 0 Å². The van der Waals surface area contributed by atoms with E-state index in [1.165, 1.54) is 11.8 Å². The predicted octanol–water partition coefficient (Wildman–Crippen LogP) is 5.14. The lowest BCUT2D eigenvalue weighted by molar-refractivity contribution is -0.113. The lowest BCUT2D eigenvalue weighted by Gasteiger charge is -2.15. The average Bonchev–Trinajstić information content (AvgIpc) is 3.17. The zero-order chi connectivity index (χ0) is 18.8. The molecule has 0 spiro atoms. The quantitative estimate of drug-likeness (QED) is 0.596. The molecule has 1 aliphatic heterocycles. The largest absolute Gasteiger partial charge is 0.348 e. The number of amidine groups is 1. The van der Waals surface area contributed by atoms with E-state index in [9.17, 15) is 4.79 Å². The molecule has 1 amide bonds. The molecule has 0 aliphatic carbocycles. The Labute approximate surface area is 162 Å². The molecule has 0 saturated carbocycles. The summed E-state index contributed by atoms with van der Waals surface area (Å²) in [7, 11) is 2.00. The molecule has 27 heavy (non-hydrogen) atoms. The van der Waals surface area contributed by atoms with Gasteiger partial charge in [0.1, 0.15) is 0 Å². The smallest absolute Gasteiger partial charge is 0.271 e. The number of aliphatic imine (C=N–C) groups is 1. The van der Waals surface area contributed by atoms with Gasteiger partial charge in [-0.1, -0.05) is 36.4 Å². The summed E-state index contributed by atoms with van der Waals surface area (Å²) >= 11 is 1.40. The topological polar surface area (TPSA) is 37.6 Å². The van der Waals surface area contributed by atoms with Crippen molar-refractivity contribution in [2.24, 2.45) is 12.0 Å². The first kappa shape index (κ1) is 17.4. The molecule has 2 heterocycles. The molecule has 1 aliphatic rings. The number of carbonyl (C=O) groups excluding carboxylic acids is 1. The Morgan fingerprint density at radius 3 is 2.22 bits per heavy atom. The average molecular weight is 373 g/mol. The number of aryl methyl sites for hydroxylation is 1. The molecule has 4 nitrogen and oxygen atoms in total. The predicted molar refractivity (Wildman–Crippen MR) is 113 cm³/mol. The minimum atomic E-state index is -0.0558. The van der Waals surface area contributed by atoms with E-state index >= 15 is 0 Å². The molecule has 1 saturated heterocycles. The third-order valence-electron chi connectivity index (χ3n) is 4.49. The van der Waals surface area contributed by atoms with Crippen molar-refractivity contribution in [3.8, 4) is 0 Å². The lowest BCUT2D eigenvalue weighted by atomic mass is 10.3. The number of hydrogen-bond acceptors (Lipinski definition) is 3. The van der Waals surface area contributed by atoms with E-state index in [-0.39, 0.29) is 5.91 Å². The first-order valence-electron chi connectivity index (χ1n) is 8.68. The summed E-state index contributed by atoms with van der Waals surface area (Å²) in [4.78, 5) is 20.2. The van der Waals surface area contributed by atoms with Crippen molar-refractivity contribution in [3.05, 3.63) is 89.1 Å². The van der Waals surface area contributed by atoms with E-state index in [1.54, 1.807) is 4.90 Å². The molecule has 0 unspecified atom stereocenters. The first-order chi connectivity index (χ1) is 13.1. The molecular weight excluding hydrogens is 354 g/mol. The molecule has 0 bridgehead atoms. The number of rotatable bonds is 3. The summed E-state index contributed by atoms with van der Waals surface area (Å²) in [6.07, 6.45) is 1.93. The third-order valence-corrected chi connectivity index (χ3v) is 5.46. The van der Waals surface area contributed by atoms with Crippen LogP contribution >= 0.6 is 11.8 Å². The minimum Gasteiger partial charge on any atom is -0.348 e. The van der Waals surface area contributed by atoms with E-state index in [0.29, 0.717) is 10.1 Å². The molecule has 3 aromatic rings. The molecule has 0 radical (unpaired) electrons. The number of amides is 1. The van der Waals surface area contributed by atoms with Gasteiger partial charge in [0, 0.05) is 18.4 Å². The zero-order valence-electron chi connectivity index (χ0n) is 15.2. The van der Waals surface area contributed by atoms with Crippen LogP contribution in [0.15, 0.2) is 82.7 Å². The van der Waals surface area contributed by atoms with Gasteiger partial charge in [-0.2, -0.15) is 0 Å². The van der Waals surface area contributed by atoms with Gasteiger partial charge >= 0.3 is 0 Å². The van der Waals surface area contributed by atoms with E-state index in [2.05, 4.69) is 4.57 Å². The summed E-state index contributed by atoms with van der Waals surface area (Å²) in [6, 6.07) is 23.4. The molecule has 5 heteroatoms. The van der Waals surface area contributed by atoms with Crippen molar-refractivity contribution in [2.45, 2.75) is 6.92 Å². The molecular formula is C22H19N3OS. The van der Waals surface area contributed by atoms with Crippen LogP contribution in [0, 0.1) is 6.92 Å². The third kappa shape index (κ3) is 3.46. The number of carbonyl (C=O) groups is 1. The van der Waals surface area contributed by atoms with Gasteiger partial charge in [0.2, 0.25) is 0 Å². The zero-order valence-corrected chi connectivity index (χ0v) is 16.0.